The number of phenols is 1. The summed E-state index contributed by atoms with van der Waals surface area (Å²) < 4.78 is 14.4. The number of aromatic hydroxyl groups is 1. The molecule has 0 atom stereocenters. The number of anilines is 3. The van der Waals surface area contributed by atoms with Gasteiger partial charge in [0.25, 0.3) is 0 Å². The summed E-state index contributed by atoms with van der Waals surface area (Å²) in [6.45, 7) is 6.50. The summed E-state index contributed by atoms with van der Waals surface area (Å²) in [5, 5.41) is 17.8. The Labute approximate surface area is 211 Å². The fourth-order valence-electron chi connectivity index (χ4n) is 2.79. The highest BCUT2D eigenvalue weighted by atomic mass is 32.1. The lowest BCUT2D eigenvalue weighted by atomic mass is 10.1. The molecule has 2 aromatic heterocycles. The van der Waals surface area contributed by atoms with Gasteiger partial charge in [-0.3, -0.25) is 4.79 Å². The first-order valence-electron chi connectivity index (χ1n) is 11.1. The molecule has 9 heteroatoms. The van der Waals surface area contributed by atoms with Gasteiger partial charge in [-0.1, -0.05) is 51.1 Å². The number of carbonyl (C=O) groups is 1. The molecular formula is C26H33N5O3S. The molecule has 2 aromatic carbocycles. The van der Waals surface area contributed by atoms with E-state index < -0.39 is 0 Å². The van der Waals surface area contributed by atoms with Crippen molar-refractivity contribution in [3.63, 3.8) is 0 Å². The third-order valence-electron chi connectivity index (χ3n) is 4.36. The SMILES string of the molecule is C#C.CC.CCc1cccc(Nc2nsnc2NCc2cc3ccccc3o2)c1O.CN(C)C=O. The molecule has 1 amide bonds. The number of hydrogen-bond acceptors (Lipinski definition) is 8. The Bertz CT molecular complexity index is 1150. The standard InChI is InChI=1S/C19H18N4O2S.C3H7NO.C2H6.C2H2/c1-2-12-7-5-8-15(17(12)24)21-19-18(22-26-23-19)20-11-14-10-13-6-3-4-9-16(13)25-14;1-4(2)3-5;2*1-2/h3-10,24H,2,11H2,1H3,(H,20,22)(H,21,23);3H,1-2H3;1-2H3;1-2H. The van der Waals surface area contributed by atoms with E-state index in [1.165, 1.54) is 4.90 Å². The van der Waals surface area contributed by atoms with Gasteiger partial charge in [-0.25, -0.2) is 0 Å². The predicted octanol–water partition coefficient (Wildman–Crippen LogP) is 5.89. The van der Waals surface area contributed by atoms with Crippen LogP contribution in [0.15, 0.2) is 52.9 Å². The van der Waals surface area contributed by atoms with Crippen LogP contribution in [0.1, 0.15) is 32.1 Å². The number of benzene rings is 2. The van der Waals surface area contributed by atoms with Crippen LogP contribution in [0, 0.1) is 12.8 Å². The summed E-state index contributed by atoms with van der Waals surface area (Å²) in [7, 11) is 3.38. The first-order valence-corrected chi connectivity index (χ1v) is 11.8. The molecule has 0 aliphatic rings. The zero-order valence-electron chi connectivity index (χ0n) is 20.8. The molecule has 0 unspecified atom stereocenters. The highest BCUT2D eigenvalue weighted by Gasteiger charge is 2.13. The zero-order chi connectivity index (χ0) is 26.2. The monoisotopic (exact) mass is 495 g/mol. The van der Waals surface area contributed by atoms with Gasteiger partial charge in [0.1, 0.15) is 17.1 Å². The van der Waals surface area contributed by atoms with Crippen LogP contribution in [-0.4, -0.2) is 39.3 Å². The van der Waals surface area contributed by atoms with E-state index in [1.807, 2.05) is 69.3 Å². The molecule has 35 heavy (non-hydrogen) atoms. The van der Waals surface area contributed by atoms with Gasteiger partial charge in [-0.15, -0.1) is 12.8 Å². The summed E-state index contributed by atoms with van der Waals surface area (Å²) in [6.07, 6.45) is 9.51. The molecule has 8 nitrogen and oxygen atoms in total. The summed E-state index contributed by atoms with van der Waals surface area (Å²) in [6, 6.07) is 15.5. The van der Waals surface area contributed by atoms with Gasteiger partial charge in [-0.2, -0.15) is 8.75 Å². The number of phenolic OH excluding ortho intramolecular Hbond substituents is 1. The smallest absolute Gasteiger partial charge is 0.209 e. The molecule has 0 saturated heterocycles. The van der Waals surface area contributed by atoms with E-state index in [0.717, 1.165) is 46.9 Å². The van der Waals surface area contributed by atoms with Crippen LogP contribution in [-0.2, 0) is 17.8 Å². The molecule has 186 valence electrons. The number of terminal acetylenes is 1. The van der Waals surface area contributed by atoms with E-state index in [1.54, 1.807) is 14.1 Å². The van der Waals surface area contributed by atoms with Gasteiger partial charge in [0, 0.05) is 19.5 Å². The van der Waals surface area contributed by atoms with Crippen molar-refractivity contribution in [1.29, 1.82) is 0 Å². The predicted molar refractivity (Wildman–Crippen MR) is 145 cm³/mol. The Morgan fingerprint density at radius 2 is 1.74 bits per heavy atom. The van der Waals surface area contributed by atoms with E-state index in [0.29, 0.717) is 23.9 Å². The van der Waals surface area contributed by atoms with Crippen LogP contribution in [0.4, 0.5) is 17.3 Å². The minimum absolute atomic E-state index is 0.242. The maximum atomic E-state index is 10.3. The van der Waals surface area contributed by atoms with Crippen molar-refractivity contribution in [3.05, 3.63) is 59.9 Å². The number of rotatable bonds is 7. The molecule has 0 aliphatic heterocycles. The first-order chi connectivity index (χ1) is 17.0. The van der Waals surface area contributed by atoms with Crippen molar-refractivity contribution in [2.45, 2.75) is 33.7 Å². The number of furan rings is 1. The van der Waals surface area contributed by atoms with Crippen molar-refractivity contribution >= 4 is 46.4 Å². The number of fused-ring (bicyclic) bond motifs is 1. The zero-order valence-corrected chi connectivity index (χ0v) is 21.6. The molecule has 0 saturated carbocycles. The summed E-state index contributed by atoms with van der Waals surface area (Å²) in [5.41, 5.74) is 2.36. The van der Waals surface area contributed by atoms with Crippen molar-refractivity contribution in [2.24, 2.45) is 0 Å². The van der Waals surface area contributed by atoms with Crippen molar-refractivity contribution in [3.8, 4) is 18.6 Å². The highest BCUT2D eigenvalue weighted by Crippen LogP contribution is 2.32. The molecule has 0 radical (unpaired) electrons. The van der Waals surface area contributed by atoms with Gasteiger partial charge in [0.15, 0.2) is 11.6 Å². The average molecular weight is 496 g/mol. The van der Waals surface area contributed by atoms with E-state index in [9.17, 15) is 9.90 Å². The second kappa shape index (κ2) is 15.7. The minimum Gasteiger partial charge on any atom is -0.505 e. The topological polar surface area (TPSA) is 104 Å². The fraction of sp³-hybridized carbons (Fsp3) is 0.269. The van der Waals surface area contributed by atoms with Crippen molar-refractivity contribution in [2.75, 3.05) is 24.7 Å². The molecular weight excluding hydrogens is 462 g/mol. The number of nitrogens with one attached hydrogen (secondary N) is 2. The van der Waals surface area contributed by atoms with Crippen LogP contribution in [0.5, 0.6) is 5.75 Å². The molecule has 0 fully saturated rings. The molecule has 0 spiro atoms. The summed E-state index contributed by atoms with van der Waals surface area (Å²) >= 11 is 1.10. The molecule has 0 aliphatic carbocycles. The van der Waals surface area contributed by atoms with E-state index in [2.05, 4.69) is 32.2 Å². The normalized spacial score (nSPS) is 9.34. The average Bonchev–Trinajstić information content (AvgIpc) is 3.53. The number of carbonyl (C=O) groups excluding carboxylic acids is 1. The van der Waals surface area contributed by atoms with Crippen LogP contribution >= 0.6 is 11.7 Å². The van der Waals surface area contributed by atoms with E-state index in [-0.39, 0.29) is 5.75 Å². The lowest BCUT2D eigenvalue weighted by Gasteiger charge is -2.10. The number of amides is 1. The maximum absolute atomic E-state index is 10.3. The lowest BCUT2D eigenvalue weighted by molar-refractivity contribution is -0.115. The van der Waals surface area contributed by atoms with Gasteiger partial charge >= 0.3 is 0 Å². The maximum Gasteiger partial charge on any atom is 0.209 e. The van der Waals surface area contributed by atoms with Crippen molar-refractivity contribution in [1.82, 2.24) is 13.6 Å². The Hall–Kier alpha value is -4.03. The van der Waals surface area contributed by atoms with Crippen LogP contribution in [0.2, 0.25) is 0 Å². The summed E-state index contributed by atoms with van der Waals surface area (Å²) in [4.78, 5) is 10.9. The number of aryl methyl sites for hydroxylation is 1. The number of para-hydroxylation sites is 2. The van der Waals surface area contributed by atoms with Gasteiger partial charge < -0.3 is 25.1 Å². The lowest BCUT2D eigenvalue weighted by Crippen LogP contribution is -2.06. The van der Waals surface area contributed by atoms with Crippen LogP contribution < -0.4 is 10.6 Å². The van der Waals surface area contributed by atoms with Gasteiger partial charge in [0.2, 0.25) is 6.41 Å². The second-order valence-electron chi connectivity index (χ2n) is 6.93. The first kappa shape index (κ1) is 29.0. The van der Waals surface area contributed by atoms with Crippen molar-refractivity contribution < 1.29 is 14.3 Å². The molecule has 4 rings (SSSR count). The van der Waals surface area contributed by atoms with E-state index in [4.69, 9.17) is 4.42 Å². The third-order valence-corrected chi connectivity index (χ3v) is 4.89. The van der Waals surface area contributed by atoms with Gasteiger partial charge in [0.05, 0.1) is 24.0 Å². The third kappa shape index (κ3) is 8.68. The quantitative estimate of drug-likeness (QED) is 0.167. The largest absolute Gasteiger partial charge is 0.505 e. The highest BCUT2D eigenvalue weighted by molar-refractivity contribution is 6.99. The Morgan fingerprint density at radius 1 is 1.09 bits per heavy atom. The second-order valence-corrected chi connectivity index (χ2v) is 7.45. The number of nitrogens with zero attached hydrogens (tertiary/aromatic N) is 3. The number of hydrogen-bond donors (Lipinski definition) is 3. The Balaban J connectivity index is 0.000000598. The molecule has 2 heterocycles. The Kier molecular flexibility index (Phi) is 13.0. The molecule has 3 N–H and O–H groups in total. The Morgan fingerprint density at radius 3 is 2.37 bits per heavy atom. The van der Waals surface area contributed by atoms with E-state index >= 15 is 0 Å². The molecule has 4 aromatic rings. The van der Waals surface area contributed by atoms with Crippen LogP contribution in [0.3, 0.4) is 0 Å². The number of aromatic nitrogens is 2. The molecule has 0 bridgehead atoms. The fourth-order valence-corrected chi connectivity index (χ4v) is 3.27. The van der Waals surface area contributed by atoms with Crippen LogP contribution in [0.25, 0.3) is 11.0 Å². The minimum atomic E-state index is 0.242. The van der Waals surface area contributed by atoms with Gasteiger partial charge in [-0.05, 0) is 30.2 Å². The summed E-state index contributed by atoms with van der Waals surface area (Å²) in [5.74, 6) is 2.26.